The summed E-state index contributed by atoms with van der Waals surface area (Å²) in [5, 5.41) is 14.4. The van der Waals surface area contributed by atoms with Crippen LogP contribution in [-0.4, -0.2) is 82.4 Å². The summed E-state index contributed by atoms with van der Waals surface area (Å²) in [6, 6.07) is 6.16. The van der Waals surface area contributed by atoms with Gasteiger partial charge in [0.15, 0.2) is 5.82 Å². The number of ether oxygens (including phenoxy) is 3. The molecule has 0 bridgehead atoms. The van der Waals surface area contributed by atoms with Gasteiger partial charge in [0.25, 0.3) is 0 Å². The second-order valence-electron chi connectivity index (χ2n) is 13.4. The molecule has 0 radical (unpaired) electrons. The van der Waals surface area contributed by atoms with E-state index in [0.717, 1.165) is 61.0 Å². The predicted molar refractivity (Wildman–Crippen MR) is 164 cm³/mol. The molecule has 5 aliphatic rings. The fourth-order valence-corrected chi connectivity index (χ4v) is 8.48. The molecule has 0 saturated carbocycles. The SMILES string of the molecule is N#Cc1c(N)ccc2c1C1(CCC2)Cc2nc(OCC34CCCN3CC(F)C4)nc(N3CCOCC(n4cc(F)cn4)C3)c2CO1. The molecule has 2 aromatic heterocycles. The van der Waals surface area contributed by atoms with E-state index in [4.69, 9.17) is 29.9 Å². The minimum absolute atomic E-state index is 0.240. The Kier molecular flexibility index (Phi) is 7.34. The number of nitriles is 1. The third-order valence-corrected chi connectivity index (χ3v) is 10.6. The van der Waals surface area contributed by atoms with Crippen molar-refractivity contribution in [2.75, 3.05) is 56.6 Å². The Hall–Kier alpha value is -3.86. The lowest BCUT2D eigenvalue weighted by atomic mass is 9.72. The van der Waals surface area contributed by atoms with E-state index in [1.54, 1.807) is 10.7 Å². The monoisotopic (exact) mass is 632 g/mol. The normalized spacial score (nSPS) is 29.2. The highest BCUT2D eigenvalue weighted by molar-refractivity contribution is 5.63. The molecule has 13 heteroatoms. The van der Waals surface area contributed by atoms with Crippen LogP contribution in [0.25, 0.3) is 0 Å². The van der Waals surface area contributed by atoms with Gasteiger partial charge in [-0.25, -0.2) is 8.78 Å². The maximum absolute atomic E-state index is 14.6. The van der Waals surface area contributed by atoms with E-state index in [-0.39, 0.29) is 24.2 Å². The number of nitrogens with two attached hydrogens (primary N) is 1. The molecular formula is C33H38F2N8O3. The number of fused-ring (bicyclic) bond motifs is 4. The summed E-state index contributed by atoms with van der Waals surface area (Å²) in [5.74, 6) is 0.273. The fourth-order valence-electron chi connectivity index (χ4n) is 8.48. The average molecular weight is 633 g/mol. The molecule has 11 nitrogen and oxygen atoms in total. The molecular weight excluding hydrogens is 594 g/mol. The van der Waals surface area contributed by atoms with Gasteiger partial charge in [-0.2, -0.15) is 20.3 Å². The largest absolute Gasteiger partial charge is 0.461 e. The van der Waals surface area contributed by atoms with E-state index in [1.165, 1.54) is 12.4 Å². The highest BCUT2D eigenvalue weighted by Crippen LogP contribution is 2.48. The average Bonchev–Trinajstić information content (AvgIpc) is 3.67. The number of nitrogens with zero attached hydrogens (tertiary/aromatic N) is 7. The molecule has 1 spiro atoms. The van der Waals surface area contributed by atoms with Gasteiger partial charge in [0.1, 0.15) is 30.3 Å². The molecule has 4 unspecified atom stereocenters. The van der Waals surface area contributed by atoms with Gasteiger partial charge in [0.2, 0.25) is 0 Å². The van der Waals surface area contributed by atoms with Crippen LogP contribution >= 0.6 is 0 Å². The Bertz CT molecular complexity index is 1700. The Balaban J connectivity index is 1.18. The van der Waals surface area contributed by atoms with Gasteiger partial charge in [0, 0.05) is 49.3 Å². The summed E-state index contributed by atoms with van der Waals surface area (Å²) in [6.45, 7) is 3.72. The molecule has 3 aromatic rings. The molecule has 2 N–H and O–H groups in total. The first kappa shape index (κ1) is 29.5. The molecule has 1 aromatic carbocycles. The first-order valence-electron chi connectivity index (χ1n) is 16.3. The van der Waals surface area contributed by atoms with E-state index in [2.05, 4.69) is 21.0 Å². The van der Waals surface area contributed by atoms with Gasteiger partial charge in [-0.05, 0) is 50.3 Å². The van der Waals surface area contributed by atoms with Crippen molar-refractivity contribution in [1.29, 1.82) is 5.26 Å². The predicted octanol–water partition coefficient (Wildman–Crippen LogP) is 3.60. The van der Waals surface area contributed by atoms with Crippen LogP contribution in [0.5, 0.6) is 6.01 Å². The van der Waals surface area contributed by atoms with Crippen LogP contribution in [0, 0.1) is 17.1 Å². The van der Waals surface area contributed by atoms with Crippen molar-refractivity contribution >= 4 is 11.5 Å². The lowest BCUT2D eigenvalue weighted by Crippen LogP contribution is -2.44. The Morgan fingerprint density at radius 1 is 1.17 bits per heavy atom. The number of hydrogen-bond donors (Lipinski definition) is 1. The van der Waals surface area contributed by atoms with Gasteiger partial charge < -0.3 is 24.8 Å². The lowest BCUT2D eigenvalue weighted by Gasteiger charge is -2.43. The molecule has 46 heavy (non-hydrogen) atoms. The van der Waals surface area contributed by atoms with Gasteiger partial charge in [-0.15, -0.1) is 0 Å². The third-order valence-electron chi connectivity index (χ3n) is 10.6. The number of benzene rings is 1. The zero-order valence-electron chi connectivity index (χ0n) is 25.8. The van der Waals surface area contributed by atoms with Crippen molar-refractivity contribution in [2.45, 2.75) is 74.9 Å². The zero-order chi connectivity index (χ0) is 31.5. The molecule has 3 fully saturated rings. The topological polar surface area (TPSA) is 128 Å². The third kappa shape index (κ3) is 4.98. The molecule has 0 amide bonds. The number of halogens is 2. The molecule has 8 rings (SSSR count). The number of aromatic nitrogens is 4. The quantitative estimate of drug-likeness (QED) is 0.417. The molecule has 1 aliphatic carbocycles. The van der Waals surface area contributed by atoms with Crippen LogP contribution < -0.4 is 15.4 Å². The van der Waals surface area contributed by atoms with Gasteiger partial charge in [0.05, 0.1) is 55.1 Å². The number of aryl methyl sites for hydroxylation is 1. The second-order valence-corrected chi connectivity index (χ2v) is 13.4. The summed E-state index contributed by atoms with van der Waals surface area (Å²) in [7, 11) is 0. The Morgan fingerprint density at radius 2 is 2.09 bits per heavy atom. The number of anilines is 2. The molecule has 242 valence electrons. The number of hydrogen-bond acceptors (Lipinski definition) is 10. The Morgan fingerprint density at radius 3 is 2.93 bits per heavy atom. The van der Waals surface area contributed by atoms with Crippen LogP contribution in [0.4, 0.5) is 20.3 Å². The standard InChI is InChI=1S/C33H38F2N8O3/c34-22-11-32(6-2-8-42(32)15-22)20-45-31-39-28-12-33(7-1-3-21-4-5-27(37)25(13-36)29(21)33)46-19-26(28)30(40-31)41-9-10-44-18-24(17-41)43-16-23(35)14-38-43/h4-5,14,16,22,24H,1-3,6-12,15,17-20,37H2. The zero-order valence-corrected chi connectivity index (χ0v) is 25.8. The summed E-state index contributed by atoms with van der Waals surface area (Å²) >= 11 is 0. The van der Waals surface area contributed by atoms with Crippen LogP contribution in [0.2, 0.25) is 0 Å². The van der Waals surface area contributed by atoms with Crippen LogP contribution in [-0.2, 0) is 34.5 Å². The first-order valence-corrected chi connectivity index (χ1v) is 16.3. The van der Waals surface area contributed by atoms with E-state index >= 15 is 0 Å². The highest BCUT2D eigenvalue weighted by atomic mass is 19.1. The van der Waals surface area contributed by atoms with Crippen LogP contribution in [0.1, 0.15) is 66.1 Å². The van der Waals surface area contributed by atoms with Crippen molar-refractivity contribution in [1.82, 2.24) is 24.6 Å². The molecule has 6 heterocycles. The smallest absolute Gasteiger partial charge is 0.318 e. The molecule has 4 aliphatic heterocycles. The summed E-state index contributed by atoms with van der Waals surface area (Å²) < 4.78 is 49.2. The van der Waals surface area contributed by atoms with Crippen LogP contribution in [0.15, 0.2) is 24.5 Å². The van der Waals surface area contributed by atoms with Crippen molar-refractivity contribution < 1.29 is 23.0 Å². The minimum Gasteiger partial charge on any atom is -0.461 e. The highest BCUT2D eigenvalue weighted by Gasteiger charge is 2.50. The number of nitrogen functional groups attached to an aromatic ring is 1. The summed E-state index contributed by atoms with van der Waals surface area (Å²) in [5.41, 5.74) is 9.70. The minimum atomic E-state index is -0.866. The van der Waals surface area contributed by atoms with E-state index in [1.807, 2.05) is 6.07 Å². The number of rotatable bonds is 5. The van der Waals surface area contributed by atoms with Gasteiger partial charge in [-0.3, -0.25) is 9.58 Å². The van der Waals surface area contributed by atoms with Crippen molar-refractivity contribution in [3.8, 4) is 12.1 Å². The van der Waals surface area contributed by atoms with Crippen molar-refractivity contribution in [3.05, 3.63) is 58.3 Å². The maximum atomic E-state index is 14.6. The maximum Gasteiger partial charge on any atom is 0.318 e. The number of alkyl halides is 1. The van der Waals surface area contributed by atoms with Crippen molar-refractivity contribution in [2.24, 2.45) is 0 Å². The van der Waals surface area contributed by atoms with E-state index in [9.17, 15) is 14.0 Å². The summed E-state index contributed by atoms with van der Waals surface area (Å²) in [6.07, 6.45) is 6.96. The summed E-state index contributed by atoms with van der Waals surface area (Å²) in [4.78, 5) is 14.3. The van der Waals surface area contributed by atoms with Crippen molar-refractivity contribution in [3.63, 3.8) is 0 Å². The Labute approximate surface area is 266 Å². The van der Waals surface area contributed by atoms with Gasteiger partial charge in [-0.1, -0.05) is 6.07 Å². The second kappa shape index (κ2) is 11.4. The lowest BCUT2D eigenvalue weighted by molar-refractivity contribution is -0.0857. The fraction of sp³-hybridized carbons (Fsp3) is 0.576. The van der Waals surface area contributed by atoms with E-state index in [0.29, 0.717) is 69.4 Å². The first-order chi connectivity index (χ1) is 22.4. The molecule has 4 atom stereocenters. The molecule has 3 saturated heterocycles. The van der Waals surface area contributed by atoms with E-state index < -0.39 is 17.6 Å². The van der Waals surface area contributed by atoms with Gasteiger partial charge >= 0.3 is 6.01 Å². The van der Waals surface area contributed by atoms with Crippen LogP contribution in [0.3, 0.4) is 0 Å².